The Hall–Kier alpha value is -2.45. The average Bonchev–Trinajstić information content (AvgIpc) is 2.57. The second-order valence-electron chi connectivity index (χ2n) is 5.79. The number of aryl methyl sites for hydroxylation is 1. The highest BCUT2D eigenvalue weighted by Gasteiger charge is 2.23. The molecule has 1 N–H and O–H groups in total. The van der Waals surface area contributed by atoms with Gasteiger partial charge in [0.15, 0.2) is 0 Å². The van der Waals surface area contributed by atoms with E-state index in [0.29, 0.717) is 17.0 Å². The van der Waals surface area contributed by atoms with Gasteiger partial charge < -0.3 is 10.1 Å². The fourth-order valence-electron chi connectivity index (χ4n) is 2.27. The van der Waals surface area contributed by atoms with Gasteiger partial charge in [-0.3, -0.25) is 4.79 Å². The Labute approximate surface area is 152 Å². The second kappa shape index (κ2) is 8.29. The van der Waals surface area contributed by atoms with E-state index in [2.05, 4.69) is 5.32 Å². The number of amides is 1. The molecule has 0 atom stereocenters. The fourth-order valence-corrected chi connectivity index (χ4v) is 3.67. The number of nitrogens with zero attached hydrogens (tertiary/aromatic N) is 1. The van der Waals surface area contributed by atoms with Gasteiger partial charge in [0.1, 0.15) is 18.2 Å². The second-order valence-corrected chi connectivity index (χ2v) is 7.80. The van der Waals surface area contributed by atoms with Crippen LogP contribution < -0.4 is 10.1 Å². The van der Waals surface area contributed by atoms with Crippen LogP contribution in [0.2, 0.25) is 0 Å². The van der Waals surface area contributed by atoms with Crippen molar-refractivity contribution in [2.45, 2.75) is 18.7 Å². The zero-order valence-corrected chi connectivity index (χ0v) is 15.6. The molecule has 2 aromatic carbocycles. The van der Waals surface area contributed by atoms with Crippen LogP contribution >= 0.6 is 0 Å². The first kappa shape index (κ1) is 19.9. The van der Waals surface area contributed by atoms with Gasteiger partial charge in [0.2, 0.25) is 15.9 Å². The zero-order valence-electron chi connectivity index (χ0n) is 14.8. The van der Waals surface area contributed by atoms with E-state index in [1.54, 1.807) is 19.1 Å². The van der Waals surface area contributed by atoms with Crippen molar-refractivity contribution in [3.63, 3.8) is 0 Å². The van der Waals surface area contributed by atoms with Crippen LogP contribution in [0.4, 0.5) is 10.1 Å². The van der Waals surface area contributed by atoms with Crippen molar-refractivity contribution in [3.8, 4) is 5.75 Å². The minimum Gasteiger partial charge on any atom is -0.492 e. The summed E-state index contributed by atoms with van der Waals surface area (Å²) in [6.45, 7) is 3.27. The van der Waals surface area contributed by atoms with Crippen molar-refractivity contribution in [3.05, 3.63) is 53.8 Å². The number of benzene rings is 2. The van der Waals surface area contributed by atoms with Crippen molar-refractivity contribution in [1.29, 1.82) is 0 Å². The monoisotopic (exact) mass is 380 g/mol. The topological polar surface area (TPSA) is 75.7 Å². The Morgan fingerprint density at radius 1 is 1.19 bits per heavy atom. The van der Waals surface area contributed by atoms with E-state index in [9.17, 15) is 17.6 Å². The Morgan fingerprint density at radius 3 is 2.46 bits per heavy atom. The summed E-state index contributed by atoms with van der Waals surface area (Å²) in [5.74, 6) is -0.189. The molecule has 0 saturated carbocycles. The van der Waals surface area contributed by atoms with E-state index >= 15 is 0 Å². The smallest absolute Gasteiger partial charge is 0.243 e. The number of sulfonamides is 1. The lowest BCUT2D eigenvalue weighted by Gasteiger charge is -2.19. The number of hydrogen-bond donors (Lipinski definition) is 1. The molecule has 0 unspecified atom stereocenters. The number of nitrogens with one attached hydrogen (secondary N) is 1. The van der Waals surface area contributed by atoms with E-state index in [0.717, 1.165) is 0 Å². The maximum atomic E-state index is 12.9. The number of ether oxygens (including phenoxy) is 1. The molecule has 2 rings (SSSR count). The predicted molar refractivity (Wildman–Crippen MR) is 97.2 cm³/mol. The molecule has 2 aromatic rings. The quantitative estimate of drug-likeness (QED) is 0.801. The highest BCUT2D eigenvalue weighted by atomic mass is 32.2. The third kappa shape index (κ3) is 5.03. The number of carbonyl (C=O) groups excluding carboxylic acids is 1. The normalized spacial score (nSPS) is 11.4. The lowest BCUT2D eigenvalue weighted by molar-refractivity contribution is -0.114. The molecule has 0 fully saturated rings. The molecule has 0 heterocycles. The summed E-state index contributed by atoms with van der Waals surface area (Å²) in [4.78, 5) is 11.3. The largest absolute Gasteiger partial charge is 0.492 e. The zero-order chi connectivity index (χ0) is 19.3. The molecule has 0 aliphatic rings. The molecule has 8 heteroatoms. The summed E-state index contributed by atoms with van der Waals surface area (Å²) < 4.78 is 45.0. The number of carbonyl (C=O) groups is 1. The van der Waals surface area contributed by atoms with Gasteiger partial charge in [-0.25, -0.2) is 12.8 Å². The molecule has 0 aliphatic heterocycles. The summed E-state index contributed by atoms with van der Waals surface area (Å²) >= 11 is 0. The summed E-state index contributed by atoms with van der Waals surface area (Å²) in [6, 6.07) is 10.2. The molecule has 0 saturated heterocycles. The predicted octanol–water partition coefficient (Wildman–Crippen LogP) is 2.79. The van der Waals surface area contributed by atoms with Gasteiger partial charge in [0.05, 0.1) is 4.90 Å². The highest BCUT2D eigenvalue weighted by Crippen LogP contribution is 2.23. The third-order valence-electron chi connectivity index (χ3n) is 3.69. The summed E-state index contributed by atoms with van der Waals surface area (Å²) in [6.07, 6.45) is 0. The van der Waals surface area contributed by atoms with Crippen LogP contribution in [0, 0.1) is 12.7 Å². The van der Waals surface area contributed by atoms with E-state index in [1.807, 2.05) is 0 Å². The van der Waals surface area contributed by atoms with Crippen LogP contribution in [0.1, 0.15) is 12.5 Å². The van der Waals surface area contributed by atoms with Crippen molar-refractivity contribution < 1.29 is 22.3 Å². The lowest BCUT2D eigenvalue weighted by Crippen LogP contribution is -2.31. The molecule has 0 spiro atoms. The Morgan fingerprint density at radius 2 is 1.85 bits per heavy atom. The average molecular weight is 380 g/mol. The third-order valence-corrected chi connectivity index (χ3v) is 5.68. The first-order chi connectivity index (χ1) is 12.2. The van der Waals surface area contributed by atoms with Crippen molar-refractivity contribution in [1.82, 2.24) is 4.31 Å². The van der Waals surface area contributed by atoms with E-state index in [4.69, 9.17) is 4.74 Å². The van der Waals surface area contributed by atoms with Crippen LogP contribution in [0.15, 0.2) is 47.4 Å². The minimum absolute atomic E-state index is 0.115. The molecular formula is C18H21FN2O4S. The molecule has 0 aromatic heterocycles. The van der Waals surface area contributed by atoms with Crippen LogP contribution in [0.25, 0.3) is 0 Å². The Bertz CT molecular complexity index is 883. The minimum atomic E-state index is -3.75. The molecule has 26 heavy (non-hydrogen) atoms. The number of anilines is 1. The van der Waals surface area contributed by atoms with Crippen LogP contribution in [-0.2, 0) is 14.8 Å². The van der Waals surface area contributed by atoms with E-state index < -0.39 is 10.0 Å². The first-order valence-electron chi connectivity index (χ1n) is 7.93. The molecule has 140 valence electrons. The lowest BCUT2D eigenvalue weighted by atomic mass is 10.2. The summed E-state index contributed by atoms with van der Waals surface area (Å²) in [7, 11) is -2.29. The van der Waals surface area contributed by atoms with Gasteiger partial charge in [-0.2, -0.15) is 4.31 Å². The molecule has 1 amide bonds. The van der Waals surface area contributed by atoms with Crippen molar-refractivity contribution >= 4 is 21.6 Å². The van der Waals surface area contributed by atoms with Crippen LogP contribution in [0.3, 0.4) is 0 Å². The maximum Gasteiger partial charge on any atom is 0.243 e. The number of hydrogen-bond acceptors (Lipinski definition) is 4. The molecule has 0 radical (unpaired) electrons. The van der Waals surface area contributed by atoms with E-state index in [1.165, 1.54) is 48.6 Å². The van der Waals surface area contributed by atoms with E-state index in [-0.39, 0.29) is 29.8 Å². The maximum absolute atomic E-state index is 12.9. The highest BCUT2D eigenvalue weighted by molar-refractivity contribution is 7.89. The fraction of sp³-hybridized carbons (Fsp3) is 0.278. The number of rotatable bonds is 7. The standard InChI is InChI=1S/C18H21FN2O4S/c1-13-4-7-16(20-14(2)22)12-18(13)26(23,24)21(3)10-11-25-17-8-5-15(19)6-9-17/h4-9,12H,10-11H2,1-3H3,(H,20,22). The van der Waals surface area contributed by atoms with Gasteiger partial charge in [-0.15, -0.1) is 0 Å². The SMILES string of the molecule is CC(=O)Nc1ccc(C)c(S(=O)(=O)N(C)CCOc2ccc(F)cc2)c1. The first-order valence-corrected chi connectivity index (χ1v) is 9.37. The van der Waals surface area contributed by atoms with Gasteiger partial charge in [0.25, 0.3) is 0 Å². The Kier molecular flexibility index (Phi) is 6.33. The number of likely N-dealkylation sites (N-methyl/N-ethyl adjacent to an activating group) is 1. The van der Waals surface area contributed by atoms with Gasteiger partial charge in [0, 0.05) is 26.2 Å². The Balaban J connectivity index is 2.08. The number of halogens is 1. The summed E-state index contributed by atoms with van der Waals surface area (Å²) in [5.41, 5.74) is 0.989. The van der Waals surface area contributed by atoms with Gasteiger partial charge in [-0.05, 0) is 48.9 Å². The molecule has 0 bridgehead atoms. The molecular weight excluding hydrogens is 359 g/mol. The van der Waals surface area contributed by atoms with Crippen LogP contribution in [-0.4, -0.2) is 38.8 Å². The molecule has 6 nitrogen and oxygen atoms in total. The van der Waals surface area contributed by atoms with Crippen molar-refractivity contribution in [2.75, 3.05) is 25.5 Å². The van der Waals surface area contributed by atoms with Gasteiger partial charge >= 0.3 is 0 Å². The van der Waals surface area contributed by atoms with Gasteiger partial charge in [-0.1, -0.05) is 6.07 Å². The van der Waals surface area contributed by atoms with Crippen molar-refractivity contribution in [2.24, 2.45) is 0 Å². The summed E-state index contributed by atoms with van der Waals surface area (Å²) in [5, 5.41) is 2.58. The molecule has 0 aliphatic carbocycles. The van der Waals surface area contributed by atoms with Crippen LogP contribution in [0.5, 0.6) is 5.75 Å².